The van der Waals surface area contributed by atoms with Gasteiger partial charge in [-0.3, -0.25) is 9.69 Å². The molecule has 2 aliphatic rings. The summed E-state index contributed by atoms with van der Waals surface area (Å²) < 4.78 is 5.56. The van der Waals surface area contributed by atoms with E-state index >= 15 is 0 Å². The maximum atomic E-state index is 13.1. The molecule has 1 N–H and O–H groups in total. The molecule has 0 bridgehead atoms. The van der Waals surface area contributed by atoms with Gasteiger partial charge in [-0.1, -0.05) is 30.3 Å². The Morgan fingerprint density at radius 2 is 1.97 bits per heavy atom. The molecular formula is C23H26N2O3S. The number of amides is 1. The van der Waals surface area contributed by atoms with E-state index in [1.54, 1.807) is 19.1 Å². The molecule has 1 amide bonds. The molecule has 0 spiro atoms. The molecule has 4 rings (SSSR count). The molecule has 6 heteroatoms. The summed E-state index contributed by atoms with van der Waals surface area (Å²) in [6.07, 6.45) is 0.366. The van der Waals surface area contributed by atoms with Gasteiger partial charge in [0.15, 0.2) is 5.60 Å². The van der Waals surface area contributed by atoms with E-state index < -0.39 is 11.6 Å². The molecule has 0 aliphatic carbocycles. The number of ether oxygens (including phenoxy) is 1. The summed E-state index contributed by atoms with van der Waals surface area (Å²) in [5, 5.41) is 3.01. The summed E-state index contributed by atoms with van der Waals surface area (Å²) >= 11 is 1.99. The highest BCUT2D eigenvalue weighted by Gasteiger charge is 2.42. The largest absolute Gasteiger partial charge is 0.445 e. The van der Waals surface area contributed by atoms with Crippen LogP contribution in [-0.2, 0) is 22.5 Å². The van der Waals surface area contributed by atoms with E-state index in [0.29, 0.717) is 12.0 Å². The minimum absolute atomic E-state index is 0.296. The molecule has 2 aromatic rings. The van der Waals surface area contributed by atoms with Crippen molar-refractivity contribution in [3.05, 3.63) is 64.7 Å². The number of nitrogens with zero attached hydrogens (tertiary/aromatic N) is 1. The standard InChI is InChI=1S/C23H26N2O3S/c1-16-7-8-17(15-25-9-11-29-12-10-25)13-20(16)24-22(27)23(2)14-18-5-3-4-6-19(18)21(26)28-23/h3-8,13H,9-12,14-15H2,1-2H3,(H,24,27). The van der Waals surface area contributed by atoms with Crippen LogP contribution in [0.15, 0.2) is 42.5 Å². The van der Waals surface area contributed by atoms with Crippen LogP contribution < -0.4 is 5.32 Å². The van der Waals surface area contributed by atoms with E-state index in [9.17, 15) is 9.59 Å². The first-order valence-electron chi connectivity index (χ1n) is 9.97. The van der Waals surface area contributed by atoms with Crippen molar-refractivity contribution in [1.29, 1.82) is 0 Å². The molecule has 2 heterocycles. The fourth-order valence-electron chi connectivity index (χ4n) is 3.83. The number of aryl methyl sites for hydroxylation is 1. The molecule has 5 nitrogen and oxygen atoms in total. The summed E-state index contributed by atoms with van der Waals surface area (Å²) in [4.78, 5) is 27.9. The lowest BCUT2D eigenvalue weighted by Gasteiger charge is -2.33. The lowest BCUT2D eigenvalue weighted by atomic mass is 9.89. The Labute approximate surface area is 175 Å². The first kappa shape index (κ1) is 20.0. The van der Waals surface area contributed by atoms with Crippen molar-refractivity contribution in [2.24, 2.45) is 0 Å². The van der Waals surface area contributed by atoms with Crippen LogP contribution in [0.25, 0.3) is 0 Å². The highest BCUT2D eigenvalue weighted by molar-refractivity contribution is 7.99. The molecule has 1 unspecified atom stereocenters. The molecule has 1 fully saturated rings. The number of cyclic esters (lactones) is 1. The molecule has 1 saturated heterocycles. The van der Waals surface area contributed by atoms with Gasteiger partial charge in [0.05, 0.1) is 5.56 Å². The highest BCUT2D eigenvalue weighted by Crippen LogP contribution is 2.30. The third kappa shape index (κ3) is 4.33. The first-order chi connectivity index (χ1) is 13.9. The van der Waals surface area contributed by atoms with Crippen LogP contribution in [0.1, 0.15) is 34.0 Å². The zero-order valence-corrected chi connectivity index (χ0v) is 17.7. The molecule has 1 atom stereocenters. The number of rotatable bonds is 4. The van der Waals surface area contributed by atoms with E-state index in [-0.39, 0.29) is 5.91 Å². The van der Waals surface area contributed by atoms with Crippen LogP contribution >= 0.6 is 11.8 Å². The number of nitrogens with one attached hydrogen (secondary N) is 1. The minimum Gasteiger partial charge on any atom is -0.445 e. The number of carbonyl (C=O) groups excluding carboxylic acids is 2. The Bertz CT molecular complexity index is 939. The minimum atomic E-state index is -1.22. The molecule has 152 valence electrons. The molecule has 0 radical (unpaired) electrons. The zero-order valence-electron chi connectivity index (χ0n) is 16.9. The second kappa shape index (κ2) is 8.20. The number of hydrogen-bond donors (Lipinski definition) is 1. The Hall–Kier alpha value is -2.31. The normalized spacial score (nSPS) is 21.9. The predicted octanol–water partition coefficient (Wildman–Crippen LogP) is 3.65. The molecular weight excluding hydrogens is 384 g/mol. The SMILES string of the molecule is Cc1ccc(CN2CCSCC2)cc1NC(=O)C1(C)Cc2ccccc2C(=O)O1. The van der Waals surface area contributed by atoms with Crippen LogP contribution in [0.5, 0.6) is 0 Å². The van der Waals surface area contributed by atoms with Gasteiger partial charge in [-0.2, -0.15) is 11.8 Å². The summed E-state index contributed by atoms with van der Waals surface area (Å²) in [6, 6.07) is 13.5. The van der Waals surface area contributed by atoms with Crippen molar-refractivity contribution in [3.63, 3.8) is 0 Å². The van der Waals surface area contributed by atoms with Gasteiger partial charge in [0.2, 0.25) is 0 Å². The smallest absolute Gasteiger partial charge is 0.339 e. The Morgan fingerprint density at radius 1 is 1.21 bits per heavy atom. The molecule has 0 aromatic heterocycles. The van der Waals surface area contributed by atoms with Crippen molar-refractivity contribution in [2.45, 2.75) is 32.4 Å². The van der Waals surface area contributed by atoms with Crippen molar-refractivity contribution in [2.75, 3.05) is 29.9 Å². The molecule has 0 saturated carbocycles. The monoisotopic (exact) mass is 410 g/mol. The topological polar surface area (TPSA) is 58.6 Å². The number of hydrogen-bond acceptors (Lipinski definition) is 5. The van der Waals surface area contributed by atoms with Crippen molar-refractivity contribution in [3.8, 4) is 0 Å². The van der Waals surface area contributed by atoms with Crippen LogP contribution in [0.4, 0.5) is 5.69 Å². The van der Waals surface area contributed by atoms with Crippen LogP contribution in [0, 0.1) is 6.92 Å². The molecule has 29 heavy (non-hydrogen) atoms. The lowest BCUT2D eigenvalue weighted by molar-refractivity contribution is -0.134. The number of fused-ring (bicyclic) bond motifs is 1. The van der Waals surface area contributed by atoms with E-state index in [2.05, 4.69) is 16.3 Å². The maximum absolute atomic E-state index is 13.1. The third-order valence-corrected chi connectivity index (χ3v) is 6.57. The second-order valence-electron chi connectivity index (χ2n) is 7.95. The van der Waals surface area contributed by atoms with Gasteiger partial charge >= 0.3 is 5.97 Å². The van der Waals surface area contributed by atoms with Gasteiger partial charge in [0, 0.05) is 43.2 Å². The highest BCUT2D eigenvalue weighted by atomic mass is 32.2. The van der Waals surface area contributed by atoms with Crippen LogP contribution in [0.2, 0.25) is 0 Å². The van der Waals surface area contributed by atoms with E-state index in [1.165, 1.54) is 17.1 Å². The van der Waals surface area contributed by atoms with Crippen LogP contribution in [0.3, 0.4) is 0 Å². The Balaban J connectivity index is 1.50. The average molecular weight is 411 g/mol. The summed E-state index contributed by atoms with van der Waals surface area (Å²) in [5.41, 5.74) is 3.09. The van der Waals surface area contributed by atoms with Crippen molar-refractivity contribution in [1.82, 2.24) is 4.90 Å². The number of anilines is 1. The van der Waals surface area contributed by atoms with E-state index in [0.717, 1.165) is 36.4 Å². The fraction of sp³-hybridized carbons (Fsp3) is 0.391. The third-order valence-electron chi connectivity index (χ3n) is 5.62. The van der Waals surface area contributed by atoms with Gasteiger partial charge < -0.3 is 10.1 Å². The lowest BCUT2D eigenvalue weighted by Crippen LogP contribution is -2.49. The van der Waals surface area contributed by atoms with Crippen molar-refractivity contribution >= 4 is 29.3 Å². The van der Waals surface area contributed by atoms with Gasteiger partial charge in [-0.05, 0) is 42.7 Å². The Morgan fingerprint density at radius 3 is 2.76 bits per heavy atom. The van der Waals surface area contributed by atoms with Crippen molar-refractivity contribution < 1.29 is 14.3 Å². The number of esters is 1. The van der Waals surface area contributed by atoms with Gasteiger partial charge in [-0.15, -0.1) is 0 Å². The molecule has 2 aliphatic heterocycles. The van der Waals surface area contributed by atoms with E-state index in [1.807, 2.05) is 43.0 Å². The number of benzene rings is 2. The predicted molar refractivity (Wildman–Crippen MR) is 116 cm³/mol. The quantitative estimate of drug-likeness (QED) is 0.780. The number of carbonyl (C=O) groups is 2. The first-order valence-corrected chi connectivity index (χ1v) is 11.1. The van der Waals surface area contributed by atoms with Gasteiger partial charge in [0.1, 0.15) is 0 Å². The maximum Gasteiger partial charge on any atom is 0.339 e. The van der Waals surface area contributed by atoms with Gasteiger partial charge in [-0.25, -0.2) is 4.79 Å². The Kier molecular flexibility index (Phi) is 5.65. The molecule has 2 aromatic carbocycles. The zero-order chi connectivity index (χ0) is 20.4. The average Bonchev–Trinajstić information content (AvgIpc) is 2.71. The summed E-state index contributed by atoms with van der Waals surface area (Å²) in [5.74, 6) is 1.59. The fourth-order valence-corrected chi connectivity index (χ4v) is 4.81. The second-order valence-corrected chi connectivity index (χ2v) is 9.17. The summed E-state index contributed by atoms with van der Waals surface area (Å²) in [7, 11) is 0. The summed E-state index contributed by atoms with van der Waals surface area (Å²) in [6.45, 7) is 6.72. The number of thioether (sulfide) groups is 1. The van der Waals surface area contributed by atoms with Crippen LogP contribution in [-0.4, -0.2) is 47.0 Å². The van der Waals surface area contributed by atoms with E-state index in [4.69, 9.17) is 4.74 Å². The van der Waals surface area contributed by atoms with Gasteiger partial charge in [0.25, 0.3) is 5.91 Å².